The summed E-state index contributed by atoms with van der Waals surface area (Å²) in [4.78, 5) is 2.02. The molecule has 0 saturated carbocycles. The highest BCUT2D eigenvalue weighted by Gasteiger charge is 2.18. The Bertz CT molecular complexity index is 695. The molecule has 3 heteroatoms. The first-order chi connectivity index (χ1) is 10.3. The lowest BCUT2D eigenvalue weighted by atomic mass is 10.3. The molecule has 0 spiro atoms. The molecule has 3 aromatic rings. The van der Waals surface area contributed by atoms with E-state index in [4.69, 9.17) is 0 Å². The predicted octanol–water partition coefficient (Wildman–Crippen LogP) is 5.44. The molecule has 0 aromatic heterocycles. The van der Waals surface area contributed by atoms with E-state index >= 15 is 0 Å². The van der Waals surface area contributed by atoms with Crippen LogP contribution >= 0.6 is 10.9 Å². The zero-order valence-corrected chi connectivity index (χ0v) is 12.1. The first-order valence-electron chi connectivity index (χ1n) is 6.61. The molecule has 0 saturated heterocycles. The van der Waals surface area contributed by atoms with E-state index < -0.39 is 10.9 Å². The number of hydrogen-bond acceptors (Lipinski definition) is 0. The minimum absolute atomic E-state index is 0.296. The quantitative estimate of drug-likeness (QED) is 0.611. The van der Waals surface area contributed by atoms with Crippen molar-refractivity contribution in [2.24, 2.45) is 0 Å². The van der Waals surface area contributed by atoms with Gasteiger partial charge in [0.05, 0.1) is 0 Å². The summed E-state index contributed by atoms with van der Waals surface area (Å²) in [5, 5.41) is 0. The Balaban J connectivity index is 2.22. The van der Waals surface area contributed by atoms with E-state index in [0.29, 0.717) is 9.79 Å². The minimum atomic E-state index is -1.24. The Labute approximate surface area is 125 Å². The summed E-state index contributed by atoms with van der Waals surface area (Å²) < 4.78 is 28.5. The third-order valence-electron chi connectivity index (χ3n) is 3.20. The summed E-state index contributed by atoms with van der Waals surface area (Å²) in [6, 6.07) is 22.7. The molecule has 0 radical (unpaired) electrons. The van der Waals surface area contributed by atoms with Gasteiger partial charge in [0.25, 0.3) is 0 Å². The maximum absolute atomic E-state index is 14.2. The Kier molecular flexibility index (Phi) is 4.02. The van der Waals surface area contributed by atoms with Crippen molar-refractivity contribution in [2.45, 2.75) is 14.7 Å². The molecule has 0 nitrogen and oxygen atoms in total. The van der Waals surface area contributed by atoms with Crippen LogP contribution in [0.2, 0.25) is 0 Å². The van der Waals surface area contributed by atoms with Gasteiger partial charge in [-0.2, -0.15) is 10.9 Å². The summed E-state index contributed by atoms with van der Waals surface area (Å²) in [6.45, 7) is 0. The number of hydrogen-bond donors (Lipinski definition) is 1. The van der Waals surface area contributed by atoms with Crippen LogP contribution in [0.15, 0.2) is 93.5 Å². The van der Waals surface area contributed by atoms with E-state index in [-0.39, 0.29) is 11.6 Å². The second-order valence-corrected chi connectivity index (χ2v) is 6.72. The second-order valence-electron chi connectivity index (χ2n) is 4.57. The summed E-state index contributed by atoms with van der Waals surface area (Å²) in [5.74, 6) is -0.591. The average Bonchev–Trinajstić information content (AvgIpc) is 2.52. The lowest BCUT2D eigenvalue weighted by Crippen LogP contribution is -1.94. The lowest BCUT2D eigenvalue weighted by Gasteiger charge is -2.24. The van der Waals surface area contributed by atoms with Crippen LogP contribution in [-0.4, -0.2) is 0 Å². The molecule has 0 heterocycles. The Hall–Kier alpha value is -2.13. The van der Waals surface area contributed by atoms with Crippen LogP contribution < -0.4 is 0 Å². The van der Waals surface area contributed by atoms with Crippen molar-refractivity contribution in [3.63, 3.8) is 0 Å². The second kappa shape index (κ2) is 6.10. The molecule has 0 N–H and O–H groups in total. The normalized spacial score (nSPS) is 11.2. The van der Waals surface area contributed by atoms with E-state index in [1.54, 1.807) is 36.4 Å². The summed E-state index contributed by atoms with van der Waals surface area (Å²) >= 11 is 0. The molecule has 0 fully saturated rings. The molecule has 0 bridgehead atoms. The monoisotopic (exact) mass is 300 g/mol. The molecule has 3 rings (SSSR count). The van der Waals surface area contributed by atoms with Gasteiger partial charge < -0.3 is 0 Å². The largest absolute Gasteiger partial charge is 0.206 e. The third kappa shape index (κ3) is 2.83. The minimum Gasteiger partial charge on any atom is -0.206 e. The van der Waals surface area contributed by atoms with E-state index in [2.05, 4.69) is 0 Å². The Morgan fingerprint density at radius 3 is 1.43 bits per heavy atom. The Morgan fingerprint density at radius 1 is 0.524 bits per heavy atom. The summed E-state index contributed by atoms with van der Waals surface area (Å²) in [5.41, 5.74) is 0. The maximum atomic E-state index is 14.2. The van der Waals surface area contributed by atoms with Gasteiger partial charge in [-0.15, -0.1) is 0 Å². The van der Waals surface area contributed by atoms with Gasteiger partial charge in [-0.05, 0) is 41.3 Å². The van der Waals surface area contributed by atoms with Crippen LogP contribution in [0.4, 0.5) is 8.78 Å². The smallest absolute Gasteiger partial charge is 0.135 e. The third-order valence-corrected chi connectivity index (χ3v) is 5.70. The predicted molar refractivity (Wildman–Crippen MR) is 83.0 cm³/mol. The maximum Gasteiger partial charge on any atom is 0.135 e. The van der Waals surface area contributed by atoms with E-state index in [1.165, 1.54) is 12.1 Å². The van der Waals surface area contributed by atoms with Gasteiger partial charge in [-0.3, -0.25) is 0 Å². The Morgan fingerprint density at radius 2 is 0.952 bits per heavy atom. The van der Waals surface area contributed by atoms with E-state index in [1.807, 2.05) is 30.3 Å². The molecule has 0 amide bonds. The fourth-order valence-corrected chi connectivity index (χ4v) is 4.58. The van der Waals surface area contributed by atoms with Crippen molar-refractivity contribution in [1.29, 1.82) is 0 Å². The van der Waals surface area contributed by atoms with Crippen molar-refractivity contribution in [2.75, 3.05) is 0 Å². The molecule has 21 heavy (non-hydrogen) atoms. The molecule has 106 valence electrons. The highest BCUT2D eigenvalue weighted by molar-refractivity contribution is 8.17. The van der Waals surface area contributed by atoms with Gasteiger partial charge >= 0.3 is 0 Å². The van der Waals surface area contributed by atoms with Crippen LogP contribution in [0.3, 0.4) is 0 Å². The molecule has 3 aromatic carbocycles. The lowest BCUT2D eigenvalue weighted by molar-refractivity contribution is 0.594. The first-order valence-corrected chi connectivity index (χ1v) is 7.96. The molecule has 0 aliphatic rings. The highest BCUT2D eigenvalue weighted by Crippen LogP contribution is 2.52. The number of thiol groups is 1. The van der Waals surface area contributed by atoms with E-state index in [0.717, 1.165) is 4.90 Å². The first kappa shape index (κ1) is 13.8. The van der Waals surface area contributed by atoms with Gasteiger partial charge in [0.1, 0.15) is 11.6 Å². The SMILES string of the molecule is Fc1ccccc1[SH](c1ccccc1)c1ccccc1F. The van der Waals surface area contributed by atoms with E-state index in [9.17, 15) is 8.78 Å². The number of halogens is 2. The van der Waals surface area contributed by atoms with Gasteiger partial charge in [0, 0.05) is 9.79 Å². The van der Waals surface area contributed by atoms with Crippen molar-refractivity contribution in [1.82, 2.24) is 0 Å². The van der Waals surface area contributed by atoms with Crippen LogP contribution in [0.1, 0.15) is 0 Å². The van der Waals surface area contributed by atoms with Gasteiger partial charge in [-0.1, -0.05) is 42.5 Å². The fraction of sp³-hybridized carbons (Fsp3) is 0. The molecule has 0 unspecified atom stereocenters. The van der Waals surface area contributed by atoms with Crippen LogP contribution in [0.5, 0.6) is 0 Å². The molecular formula is C18H14F2S. The summed E-state index contributed by atoms with van der Waals surface area (Å²) in [7, 11) is -1.24. The standard InChI is InChI=1S/C18H14F2S/c19-15-10-4-6-12-17(15)21(14-8-2-1-3-9-14)18-13-7-5-11-16(18)20/h1-13,21H. The molecule has 0 atom stereocenters. The number of rotatable bonds is 3. The van der Waals surface area contributed by atoms with Crippen LogP contribution in [-0.2, 0) is 0 Å². The molecule has 0 aliphatic heterocycles. The number of benzene rings is 3. The van der Waals surface area contributed by atoms with Gasteiger partial charge in [-0.25, -0.2) is 8.78 Å². The van der Waals surface area contributed by atoms with Crippen LogP contribution in [0, 0.1) is 11.6 Å². The van der Waals surface area contributed by atoms with Crippen molar-refractivity contribution in [3.8, 4) is 0 Å². The van der Waals surface area contributed by atoms with Crippen molar-refractivity contribution >= 4 is 10.9 Å². The topological polar surface area (TPSA) is 0 Å². The van der Waals surface area contributed by atoms with Gasteiger partial charge in [0.15, 0.2) is 0 Å². The molecular weight excluding hydrogens is 286 g/mol. The molecule has 0 aliphatic carbocycles. The average molecular weight is 300 g/mol. The van der Waals surface area contributed by atoms with Gasteiger partial charge in [0.2, 0.25) is 0 Å². The zero-order valence-electron chi connectivity index (χ0n) is 11.2. The zero-order chi connectivity index (χ0) is 14.7. The summed E-state index contributed by atoms with van der Waals surface area (Å²) in [6.07, 6.45) is 0. The van der Waals surface area contributed by atoms with Crippen molar-refractivity contribution < 1.29 is 8.78 Å². The van der Waals surface area contributed by atoms with Crippen LogP contribution in [0.25, 0.3) is 0 Å². The highest BCUT2D eigenvalue weighted by atomic mass is 32.2. The van der Waals surface area contributed by atoms with Crippen molar-refractivity contribution in [3.05, 3.63) is 90.5 Å². The fourth-order valence-electron chi connectivity index (χ4n) is 2.25.